The number of rotatable bonds is 3. The largest absolute Gasteiger partial charge is 0.310 e. The number of benzene rings is 1. The van der Waals surface area contributed by atoms with Gasteiger partial charge in [-0.15, -0.1) is 0 Å². The van der Waals surface area contributed by atoms with Gasteiger partial charge in [-0.25, -0.2) is 4.39 Å². The van der Waals surface area contributed by atoms with E-state index in [1.54, 1.807) is 12.1 Å². The van der Waals surface area contributed by atoms with Gasteiger partial charge >= 0.3 is 0 Å². The third-order valence-electron chi connectivity index (χ3n) is 3.78. The molecule has 0 aliphatic heterocycles. The molecule has 0 heterocycles. The Labute approximate surface area is 109 Å². The van der Waals surface area contributed by atoms with Crippen LogP contribution in [0, 0.1) is 12.7 Å². The van der Waals surface area contributed by atoms with E-state index in [-0.39, 0.29) is 11.9 Å². The molecule has 1 nitrogen and oxygen atoms in total. The Kier molecular flexibility index (Phi) is 4.54. The standard InChI is InChI=1S/C16H22FN/c1-12-11-14(17)9-10-15(12)16(18-2)13-7-5-3-4-6-8-13/h7,9-11,16,18H,3-6,8H2,1-2H3. The molecule has 0 bridgehead atoms. The van der Waals surface area contributed by atoms with Crippen molar-refractivity contribution in [3.05, 3.63) is 46.8 Å². The van der Waals surface area contributed by atoms with Gasteiger partial charge in [0, 0.05) is 0 Å². The third-order valence-corrected chi connectivity index (χ3v) is 3.78. The summed E-state index contributed by atoms with van der Waals surface area (Å²) < 4.78 is 13.2. The van der Waals surface area contributed by atoms with E-state index in [1.165, 1.54) is 36.8 Å². The van der Waals surface area contributed by atoms with Gasteiger partial charge in [0.15, 0.2) is 0 Å². The first-order valence-electron chi connectivity index (χ1n) is 6.84. The Balaban J connectivity index is 2.29. The highest BCUT2D eigenvalue weighted by Gasteiger charge is 2.17. The normalized spacial score (nSPS) is 18.1. The lowest BCUT2D eigenvalue weighted by molar-refractivity contribution is 0.610. The molecule has 98 valence electrons. The van der Waals surface area contributed by atoms with Crippen molar-refractivity contribution in [2.24, 2.45) is 0 Å². The maximum absolute atomic E-state index is 13.2. The first-order valence-corrected chi connectivity index (χ1v) is 6.84. The Morgan fingerprint density at radius 2 is 2.06 bits per heavy atom. The van der Waals surface area contributed by atoms with Crippen molar-refractivity contribution < 1.29 is 4.39 Å². The van der Waals surface area contributed by atoms with Crippen LogP contribution in [-0.2, 0) is 0 Å². The van der Waals surface area contributed by atoms with Gasteiger partial charge in [0.25, 0.3) is 0 Å². The van der Waals surface area contributed by atoms with Crippen molar-refractivity contribution in [1.82, 2.24) is 5.32 Å². The van der Waals surface area contributed by atoms with Crippen LogP contribution in [0.1, 0.15) is 49.3 Å². The molecule has 1 aliphatic carbocycles. The second-order valence-corrected chi connectivity index (χ2v) is 5.10. The Morgan fingerprint density at radius 3 is 2.78 bits per heavy atom. The smallest absolute Gasteiger partial charge is 0.123 e. The SMILES string of the molecule is CNC(C1=CCCCCC1)c1ccc(F)cc1C. The van der Waals surface area contributed by atoms with Gasteiger partial charge in [-0.1, -0.05) is 24.1 Å². The second-order valence-electron chi connectivity index (χ2n) is 5.10. The number of halogens is 1. The second kappa shape index (κ2) is 6.14. The van der Waals surface area contributed by atoms with Crippen LogP contribution in [-0.4, -0.2) is 7.05 Å². The van der Waals surface area contributed by atoms with Crippen LogP contribution >= 0.6 is 0 Å². The minimum absolute atomic E-state index is 0.152. The number of allylic oxidation sites excluding steroid dienone is 1. The monoisotopic (exact) mass is 247 g/mol. The molecule has 1 unspecified atom stereocenters. The van der Waals surface area contributed by atoms with Gasteiger partial charge in [0.05, 0.1) is 6.04 Å². The Morgan fingerprint density at radius 1 is 1.22 bits per heavy atom. The topological polar surface area (TPSA) is 12.0 Å². The predicted molar refractivity (Wildman–Crippen MR) is 74.1 cm³/mol. The van der Waals surface area contributed by atoms with E-state index in [9.17, 15) is 4.39 Å². The third kappa shape index (κ3) is 2.99. The summed E-state index contributed by atoms with van der Waals surface area (Å²) in [5.74, 6) is -0.152. The van der Waals surface area contributed by atoms with Gasteiger partial charge < -0.3 is 5.32 Å². The molecular formula is C16H22FN. The average molecular weight is 247 g/mol. The van der Waals surface area contributed by atoms with E-state index in [0.29, 0.717) is 0 Å². The molecular weight excluding hydrogens is 225 g/mol. The minimum Gasteiger partial charge on any atom is -0.310 e. The van der Waals surface area contributed by atoms with Crippen LogP contribution in [0.2, 0.25) is 0 Å². The summed E-state index contributed by atoms with van der Waals surface area (Å²) in [5.41, 5.74) is 3.69. The Hall–Kier alpha value is -1.15. The lowest BCUT2D eigenvalue weighted by Gasteiger charge is -2.22. The highest BCUT2D eigenvalue weighted by molar-refractivity contribution is 5.35. The summed E-state index contributed by atoms with van der Waals surface area (Å²) in [6.45, 7) is 1.99. The molecule has 1 aliphatic rings. The summed E-state index contributed by atoms with van der Waals surface area (Å²) in [4.78, 5) is 0. The predicted octanol–water partition coefficient (Wildman–Crippen LogP) is 4.29. The van der Waals surface area contributed by atoms with Crippen molar-refractivity contribution in [2.75, 3.05) is 7.05 Å². The summed E-state index contributed by atoms with van der Waals surface area (Å²) >= 11 is 0. The maximum Gasteiger partial charge on any atom is 0.123 e. The van der Waals surface area contributed by atoms with Crippen molar-refractivity contribution in [3.8, 4) is 0 Å². The molecule has 1 atom stereocenters. The summed E-state index contributed by atoms with van der Waals surface area (Å²) in [6, 6.07) is 5.34. The zero-order chi connectivity index (χ0) is 13.0. The molecule has 2 rings (SSSR count). The van der Waals surface area contributed by atoms with Crippen molar-refractivity contribution in [1.29, 1.82) is 0 Å². The molecule has 0 radical (unpaired) electrons. The first kappa shape index (κ1) is 13.3. The van der Waals surface area contributed by atoms with Crippen LogP contribution < -0.4 is 5.32 Å². The number of aryl methyl sites for hydroxylation is 1. The van der Waals surface area contributed by atoms with Crippen LogP contribution in [0.15, 0.2) is 29.8 Å². The number of hydrogen-bond donors (Lipinski definition) is 1. The molecule has 0 saturated heterocycles. The molecule has 18 heavy (non-hydrogen) atoms. The molecule has 0 amide bonds. The highest BCUT2D eigenvalue weighted by atomic mass is 19.1. The maximum atomic E-state index is 13.2. The van der Waals surface area contributed by atoms with Crippen LogP contribution in [0.3, 0.4) is 0 Å². The van der Waals surface area contributed by atoms with Crippen LogP contribution in [0.5, 0.6) is 0 Å². The van der Waals surface area contributed by atoms with Crippen molar-refractivity contribution >= 4 is 0 Å². The average Bonchev–Trinajstić information content (AvgIpc) is 2.62. The van der Waals surface area contributed by atoms with Crippen molar-refractivity contribution in [3.63, 3.8) is 0 Å². The number of hydrogen-bond acceptors (Lipinski definition) is 1. The van der Waals surface area contributed by atoms with E-state index in [2.05, 4.69) is 11.4 Å². The molecule has 0 aromatic heterocycles. The minimum atomic E-state index is -0.152. The van der Waals surface area contributed by atoms with Crippen LogP contribution in [0.4, 0.5) is 4.39 Å². The summed E-state index contributed by atoms with van der Waals surface area (Å²) in [5, 5.41) is 3.39. The molecule has 1 aromatic carbocycles. The molecule has 1 N–H and O–H groups in total. The summed E-state index contributed by atoms with van der Waals surface area (Å²) in [7, 11) is 1.99. The zero-order valence-corrected chi connectivity index (χ0v) is 11.3. The number of nitrogens with one attached hydrogen (secondary N) is 1. The van der Waals surface area contributed by atoms with Crippen LogP contribution in [0.25, 0.3) is 0 Å². The fraction of sp³-hybridized carbons (Fsp3) is 0.500. The lowest BCUT2D eigenvalue weighted by Crippen LogP contribution is -2.19. The van der Waals surface area contributed by atoms with E-state index < -0.39 is 0 Å². The van der Waals surface area contributed by atoms with Gasteiger partial charge in [-0.2, -0.15) is 0 Å². The van der Waals surface area contributed by atoms with E-state index >= 15 is 0 Å². The van der Waals surface area contributed by atoms with Gasteiger partial charge in [-0.05, 0) is 62.9 Å². The first-order chi connectivity index (χ1) is 8.72. The quantitative estimate of drug-likeness (QED) is 0.786. The van der Waals surface area contributed by atoms with E-state index in [4.69, 9.17) is 0 Å². The van der Waals surface area contributed by atoms with E-state index in [0.717, 1.165) is 12.0 Å². The van der Waals surface area contributed by atoms with E-state index in [1.807, 2.05) is 20.0 Å². The highest BCUT2D eigenvalue weighted by Crippen LogP contribution is 2.30. The fourth-order valence-corrected chi connectivity index (χ4v) is 2.81. The molecule has 0 spiro atoms. The molecule has 1 aromatic rings. The van der Waals surface area contributed by atoms with Gasteiger partial charge in [0.2, 0.25) is 0 Å². The Bertz CT molecular complexity index is 437. The summed E-state index contributed by atoms with van der Waals surface area (Å²) in [6.07, 6.45) is 8.58. The van der Waals surface area contributed by atoms with Crippen molar-refractivity contribution in [2.45, 2.75) is 45.1 Å². The lowest BCUT2D eigenvalue weighted by atomic mass is 9.92. The zero-order valence-electron chi connectivity index (χ0n) is 11.3. The van der Waals surface area contributed by atoms with Gasteiger partial charge in [-0.3, -0.25) is 0 Å². The number of likely N-dealkylation sites (N-methyl/N-ethyl adjacent to an activating group) is 1. The molecule has 2 heteroatoms. The molecule has 0 saturated carbocycles. The molecule has 0 fully saturated rings. The van der Waals surface area contributed by atoms with Gasteiger partial charge in [0.1, 0.15) is 5.82 Å². The fourth-order valence-electron chi connectivity index (χ4n) is 2.81.